The molecule has 0 atom stereocenters. The third-order valence-electron chi connectivity index (χ3n) is 3.13. The van der Waals surface area contributed by atoms with Gasteiger partial charge in [0.05, 0.1) is 10.5 Å². The first-order chi connectivity index (χ1) is 9.65. The Balaban J connectivity index is 2.21. The maximum Gasteiger partial charge on any atom is 0.270 e. The monoisotopic (exact) mass is 266 g/mol. The minimum absolute atomic E-state index is 0.0318. The fourth-order valence-electron chi connectivity index (χ4n) is 2.16. The Bertz CT molecular complexity index is 815. The van der Waals surface area contributed by atoms with Crippen molar-refractivity contribution in [3.8, 4) is 11.3 Å². The van der Waals surface area contributed by atoms with E-state index >= 15 is 0 Å². The van der Waals surface area contributed by atoms with E-state index < -0.39 is 4.92 Å². The summed E-state index contributed by atoms with van der Waals surface area (Å²) in [5.74, 6) is 0. The number of nitro groups is 1. The van der Waals surface area contributed by atoms with Crippen molar-refractivity contribution in [2.75, 3.05) is 0 Å². The number of nitrogens with zero attached hydrogens (tertiary/aromatic N) is 2. The van der Waals surface area contributed by atoms with E-state index in [-0.39, 0.29) is 5.69 Å². The van der Waals surface area contributed by atoms with Gasteiger partial charge in [-0.2, -0.15) is 4.73 Å². The number of benzene rings is 2. The van der Waals surface area contributed by atoms with E-state index in [4.69, 9.17) is 0 Å². The molecule has 0 bridgehead atoms. The van der Waals surface area contributed by atoms with Gasteiger partial charge in [0.2, 0.25) is 5.69 Å². The summed E-state index contributed by atoms with van der Waals surface area (Å²) in [7, 11) is 0. The van der Waals surface area contributed by atoms with E-state index in [2.05, 4.69) is 0 Å². The van der Waals surface area contributed by atoms with E-state index in [1.54, 1.807) is 18.2 Å². The predicted octanol–water partition coefficient (Wildman–Crippen LogP) is 3.05. The normalized spacial score (nSPS) is 10.6. The Kier molecular flexibility index (Phi) is 2.80. The summed E-state index contributed by atoms with van der Waals surface area (Å²) in [6.07, 6.45) is 1.48. The first-order valence-corrected chi connectivity index (χ1v) is 6.02. The summed E-state index contributed by atoms with van der Waals surface area (Å²) in [6, 6.07) is 15.3. The molecule has 3 rings (SSSR count). The van der Waals surface area contributed by atoms with E-state index in [1.165, 1.54) is 18.3 Å². The number of aromatic nitrogens is 1. The highest BCUT2D eigenvalue weighted by Gasteiger charge is 2.14. The zero-order valence-corrected chi connectivity index (χ0v) is 10.4. The molecule has 5 nitrogen and oxygen atoms in total. The second-order valence-corrected chi connectivity index (χ2v) is 4.42. The van der Waals surface area contributed by atoms with Crippen molar-refractivity contribution in [1.29, 1.82) is 0 Å². The Morgan fingerprint density at radius 1 is 0.950 bits per heavy atom. The molecule has 98 valence electrons. The molecule has 3 aromatic rings. The first-order valence-electron chi connectivity index (χ1n) is 6.02. The molecule has 0 unspecified atom stereocenters. The minimum Gasteiger partial charge on any atom is -0.618 e. The molecule has 0 N–H and O–H groups in total. The van der Waals surface area contributed by atoms with Crippen LogP contribution in [0.25, 0.3) is 22.0 Å². The lowest BCUT2D eigenvalue weighted by Gasteiger charge is -2.06. The van der Waals surface area contributed by atoms with Crippen LogP contribution in [0.3, 0.4) is 0 Å². The fourth-order valence-corrected chi connectivity index (χ4v) is 2.16. The molecule has 0 aliphatic heterocycles. The van der Waals surface area contributed by atoms with Crippen LogP contribution in [0.1, 0.15) is 0 Å². The zero-order valence-electron chi connectivity index (χ0n) is 10.4. The minimum atomic E-state index is -0.473. The van der Waals surface area contributed by atoms with Crippen LogP contribution in [0, 0.1) is 15.3 Å². The van der Waals surface area contributed by atoms with Crippen molar-refractivity contribution in [3.05, 3.63) is 76.1 Å². The van der Waals surface area contributed by atoms with Crippen LogP contribution in [0.15, 0.2) is 60.8 Å². The molecule has 0 saturated heterocycles. The van der Waals surface area contributed by atoms with Gasteiger partial charge in [-0.05, 0) is 17.5 Å². The largest absolute Gasteiger partial charge is 0.618 e. The lowest BCUT2D eigenvalue weighted by molar-refractivity contribution is -0.592. The van der Waals surface area contributed by atoms with Crippen molar-refractivity contribution in [3.63, 3.8) is 0 Å². The molecule has 0 spiro atoms. The summed E-state index contributed by atoms with van der Waals surface area (Å²) >= 11 is 0. The average molecular weight is 266 g/mol. The Labute approximate surface area is 114 Å². The molecule has 2 aromatic carbocycles. The second kappa shape index (κ2) is 4.62. The van der Waals surface area contributed by atoms with Crippen molar-refractivity contribution in [2.45, 2.75) is 0 Å². The van der Waals surface area contributed by atoms with Gasteiger partial charge in [0.25, 0.3) is 5.69 Å². The molecule has 0 amide bonds. The first kappa shape index (κ1) is 12.1. The second-order valence-electron chi connectivity index (χ2n) is 4.42. The van der Waals surface area contributed by atoms with Gasteiger partial charge in [-0.25, -0.2) is 0 Å². The Morgan fingerprint density at radius 3 is 2.45 bits per heavy atom. The molecule has 0 aliphatic rings. The fraction of sp³-hybridized carbons (Fsp3) is 0. The summed E-state index contributed by atoms with van der Waals surface area (Å²) in [5, 5.41) is 24.6. The highest BCUT2D eigenvalue weighted by atomic mass is 16.6. The van der Waals surface area contributed by atoms with Crippen molar-refractivity contribution >= 4 is 16.5 Å². The molecular formula is C15H10N2O3. The summed E-state index contributed by atoms with van der Waals surface area (Å²) in [4.78, 5) is 10.3. The van der Waals surface area contributed by atoms with E-state index in [0.717, 1.165) is 15.5 Å². The molecule has 5 heteroatoms. The van der Waals surface area contributed by atoms with Gasteiger partial charge in [-0.15, -0.1) is 0 Å². The predicted molar refractivity (Wildman–Crippen MR) is 75.0 cm³/mol. The Morgan fingerprint density at radius 2 is 1.70 bits per heavy atom. The van der Waals surface area contributed by atoms with E-state index in [9.17, 15) is 15.3 Å². The van der Waals surface area contributed by atoms with Crippen molar-refractivity contribution in [1.82, 2.24) is 0 Å². The summed E-state index contributed by atoms with van der Waals surface area (Å²) < 4.78 is 0.737. The van der Waals surface area contributed by atoms with Crippen LogP contribution in [-0.2, 0) is 0 Å². The Hall–Kier alpha value is -2.95. The maximum absolute atomic E-state index is 12.1. The van der Waals surface area contributed by atoms with Crippen LogP contribution in [0.4, 0.5) is 5.69 Å². The van der Waals surface area contributed by atoms with Gasteiger partial charge in [-0.1, -0.05) is 24.3 Å². The van der Waals surface area contributed by atoms with Gasteiger partial charge >= 0.3 is 0 Å². The smallest absolute Gasteiger partial charge is 0.270 e. The topological polar surface area (TPSA) is 70.1 Å². The number of hydrogen-bond donors (Lipinski definition) is 0. The van der Waals surface area contributed by atoms with Crippen LogP contribution in [0.2, 0.25) is 0 Å². The number of rotatable bonds is 2. The molecule has 1 heterocycles. The van der Waals surface area contributed by atoms with E-state index in [0.29, 0.717) is 11.3 Å². The van der Waals surface area contributed by atoms with Crippen LogP contribution >= 0.6 is 0 Å². The highest BCUT2D eigenvalue weighted by molar-refractivity contribution is 5.83. The van der Waals surface area contributed by atoms with E-state index in [1.807, 2.05) is 24.3 Å². The number of pyridine rings is 1. The van der Waals surface area contributed by atoms with Crippen molar-refractivity contribution < 1.29 is 9.65 Å². The van der Waals surface area contributed by atoms with Crippen LogP contribution in [0.5, 0.6) is 0 Å². The third-order valence-corrected chi connectivity index (χ3v) is 3.13. The standard InChI is InChI=1S/C15H10N2O3/c18-16-10-13-5-2-1-4-11(13)9-15(16)12-6-3-7-14(8-12)17(19)20/h1-10H. The van der Waals surface area contributed by atoms with Crippen LogP contribution in [-0.4, -0.2) is 4.92 Å². The van der Waals surface area contributed by atoms with Gasteiger partial charge in [0, 0.05) is 23.6 Å². The molecule has 1 aromatic heterocycles. The molecule has 0 fully saturated rings. The number of hydrogen-bond acceptors (Lipinski definition) is 3. The number of fused-ring (bicyclic) bond motifs is 1. The maximum atomic E-state index is 12.1. The summed E-state index contributed by atoms with van der Waals surface area (Å²) in [5.41, 5.74) is 0.892. The average Bonchev–Trinajstić information content (AvgIpc) is 2.46. The molecule has 0 aliphatic carbocycles. The lowest BCUT2D eigenvalue weighted by atomic mass is 10.1. The lowest BCUT2D eigenvalue weighted by Crippen LogP contribution is -2.28. The van der Waals surface area contributed by atoms with Gasteiger partial charge in [-0.3, -0.25) is 10.1 Å². The molecule has 0 radical (unpaired) electrons. The SMILES string of the molecule is O=[N+]([O-])c1cccc(-c2cc3ccccc3c[n+]2[O-])c1. The van der Waals surface area contributed by atoms with Crippen molar-refractivity contribution in [2.24, 2.45) is 0 Å². The molecule has 0 saturated carbocycles. The third kappa shape index (κ3) is 2.05. The number of non-ortho nitro benzene ring substituents is 1. The highest BCUT2D eigenvalue weighted by Crippen LogP contribution is 2.23. The zero-order chi connectivity index (χ0) is 14.1. The molecule has 20 heavy (non-hydrogen) atoms. The van der Waals surface area contributed by atoms with Gasteiger partial charge in [0.1, 0.15) is 0 Å². The van der Waals surface area contributed by atoms with Gasteiger partial charge in [0.15, 0.2) is 6.20 Å². The van der Waals surface area contributed by atoms with Crippen LogP contribution < -0.4 is 4.73 Å². The quantitative estimate of drug-likeness (QED) is 0.310. The number of nitro benzene ring substituents is 1. The van der Waals surface area contributed by atoms with Gasteiger partial charge < -0.3 is 5.21 Å². The summed E-state index contributed by atoms with van der Waals surface area (Å²) in [6.45, 7) is 0. The molecular weight excluding hydrogens is 256 g/mol.